The molecule has 1 aromatic carbocycles. The Labute approximate surface area is 174 Å². The van der Waals surface area contributed by atoms with Crippen LogP contribution >= 0.6 is 0 Å². The van der Waals surface area contributed by atoms with E-state index >= 15 is 0 Å². The van der Waals surface area contributed by atoms with Gasteiger partial charge in [0, 0.05) is 35.6 Å². The highest BCUT2D eigenvalue weighted by Gasteiger charge is 2.35. The van der Waals surface area contributed by atoms with E-state index in [2.05, 4.69) is 31.7 Å². The highest BCUT2D eigenvalue weighted by Crippen LogP contribution is 2.41. The molecule has 3 heterocycles. The maximum Gasteiger partial charge on any atom is 0.227 e. The van der Waals surface area contributed by atoms with Gasteiger partial charge in [0.15, 0.2) is 0 Å². The molecule has 8 nitrogen and oxygen atoms in total. The van der Waals surface area contributed by atoms with Crippen LogP contribution in [0, 0.1) is 18.3 Å². The highest BCUT2D eigenvalue weighted by molar-refractivity contribution is 5.76. The molecule has 0 aliphatic carbocycles. The molecule has 2 aromatic heterocycles. The standard InChI is InChI=1S/C22H22N6O2/c1-13-9-25-16(10-29)7-19(13)28-21-24-4-3-18(27-21)14-5-15(8-23)20-17(6-14)22(2,12-30)11-26-20/h3-7,9,26,29-30H,10-12H2,1-2H3,(H,24,25,27,28)/t22-/m1/s1. The van der Waals surface area contributed by atoms with Crippen LogP contribution in [0.3, 0.4) is 0 Å². The van der Waals surface area contributed by atoms with Gasteiger partial charge in [-0.15, -0.1) is 0 Å². The number of nitrogens with one attached hydrogen (secondary N) is 2. The summed E-state index contributed by atoms with van der Waals surface area (Å²) in [5.74, 6) is 0.396. The monoisotopic (exact) mass is 402 g/mol. The quantitative estimate of drug-likeness (QED) is 0.513. The smallest absolute Gasteiger partial charge is 0.227 e. The predicted octanol–water partition coefficient (Wildman–Crippen LogP) is 2.63. The van der Waals surface area contributed by atoms with Gasteiger partial charge in [-0.1, -0.05) is 6.92 Å². The number of hydrogen-bond acceptors (Lipinski definition) is 8. The summed E-state index contributed by atoms with van der Waals surface area (Å²) < 4.78 is 0. The second kappa shape index (κ2) is 7.71. The third-order valence-electron chi connectivity index (χ3n) is 5.43. The summed E-state index contributed by atoms with van der Waals surface area (Å²) in [5, 5.41) is 35.3. The number of aryl methyl sites for hydroxylation is 1. The van der Waals surface area contributed by atoms with Crippen molar-refractivity contribution in [3.63, 3.8) is 0 Å². The van der Waals surface area contributed by atoms with Crippen LogP contribution in [0.5, 0.6) is 0 Å². The number of nitriles is 1. The van der Waals surface area contributed by atoms with Crippen LogP contribution in [-0.4, -0.2) is 38.3 Å². The molecule has 8 heteroatoms. The van der Waals surface area contributed by atoms with E-state index in [-0.39, 0.29) is 13.2 Å². The fourth-order valence-electron chi connectivity index (χ4n) is 3.55. The first-order valence-electron chi connectivity index (χ1n) is 9.57. The number of aromatic nitrogens is 3. The molecule has 0 saturated heterocycles. The van der Waals surface area contributed by atoms with Gasteiger partial charge < -0.3 is 20.8 Å². The third kappa shape index (κ3) is 3.45. The number of hydrogen-bond donors (Lipinski definition) is 4. The molecule has 0 spiro atoms. The van der Waals surface area contributed by atoms with Crippen LogP contribution in [0.4, 0.5) is 17.3 Å². The fourth-order valence-corrected chi connectivity index (χ4v) is 3.55. The molecule has 4 rings (SSSR count). The second-order valence-electron chi connectivity index (χ2n) is 7.67. The zero-order chi connectivity index (χ0) is 21.3. The SMILES string of the molecule is Cc1cnc(CO)cc1Nc1nccc(-c2cc(C#N)c3c(c2)[C@@](C)(CO)CN3)n1. The number of anilines is 3. The Morgan fingerprint density at radius 1 is 1.27 bits per heavy atom. The molecule has 1 aliphatic heterocycles. The van der Waals surface area contributed by atoms with Crippen molar-refractivity contribution in [1.29, 1.82) is 5.26 Å². The first kappa shape index (κ1) is 19.8. The predicted molar refractivity (Wildman–Crippen MR) is 113 cm³/mol. The summed E-state index contributed by atoms with van der Waals surface area (Å²) in [6, 6.07) is 9.55. The molecule has 0 saturated carbocycles. The number of rotatable bonds is 5. The van der Waals surface area contributed by atoms with Crippen LogP contribution in [0.2, 0.25) is 0 Å². The van der Waals surface area contributed by atoms with E-state index < -0.39 is 5.41 Å². The van der Waals surface area contributed by atoms with Crippen molar-refractivity contribution in [2.45, 2.75) is 25.9 Å². The lowest BCUT2D eigenvalue weighted by Crippen LogP contribution is -2.28. The maximum absolute atomic E-state index is 9.89. The number of benzene rings is 1. The van der Waals surface area contributed by atoms with Gasteiger partial charge >= 0.3 is 0 Å². The van der Waals surface area contributed by atoms with E-state index in [0.717, 1.165) is 28.1 Å². The van der Waals surface area contributed by atoms with Crippen molar-refractivity contribution >= 4 is 17.3 Å². The minimum atomic E-state index is -0.458. The van der Waals surface area contributed by atoms with Crippen LogP contribution in [-0.2, 0) is 12.0 Å². The molecule has 3 aromatic rings. The van der Waals surface area contributed by atoms with Crippen LogP contribution < -0.4 is 10.6 Å². The lowest BCUT2D eigenvalue weighted by atomic mass is 9.83. The van der Waals surface area contributed by atoms with E-state index in [9.17, 15) is 15.5 Å². The Bertz CT molecular complexity index is 1160. The lowest BCUT2D eigenvalue weighted by Gasteiger charge is -2.21. The van der Waals surface area contributed by atoms with Gasteiger partial charge in [-0.2, -0.15) is 5.26 Å². The first-order chi connectivity index (χ1) is 14.5. The topological polar surface area (TPSA) is 127 Å². The normalized spacial score (nSPS) is 17.2. The Hall–Kier alpha value is -3.54. The van der Waals surface area contributed by atoms with Gasteiger partial charge in [-0.3, -0.25) is 4.98 Å². The van der Waals surface area contributed by atoms with Gasteiger partial charge in [0.25, 0.3) is 0 Å². The number of pyridine rings is 1. The van der Waals surface area contributed by atoms with Gasteiger partial charge in [0.05, 0.1) is 35.9 Å². The van der Waals surface area contributed by atoms with E-state index in [0.29, 0.717) is 29.4 Å². The summed E-state index contributed by atoms with van der Waals surface area (Å²) in [4.78, 5) is 13.1. The molecule has 0 amide bonds. The van der Waals surface area contributed by atoms with E-state index in [1.165, 1.54) is 0 Å². The van der Waals surface area contributed by atoms with Crippen molar-refractivity contribution in [2.24, 2.45) is 0 Å². The average Bonchev–Trinajstić information content (AvgIpc) is 3.12. The average molecular weight is 402 g/mol. The molecule has 1 atom stereocenters. The largest absolute Gasteiger partial charge is 0.395 e. The summed E-state index contributed by atoms with van der Waals surface area (Å²) >= 11 is 0. The molecule has 30 heavy (non-hydrogen) atoms. The minimum Gasteiger partial charge on any atom is -0.395 e. The second-order valence-corrected chi connectivity index (χ2v) is 7.67. The number of aliphatic hydroxyl groups is 2. The summed E-state index contributed by atoms with van der Waals surface area (Å²) in [5.41, 5.74) is 5.39. The van der Waals surface area contributed by atoms with Crippen LogP contribution in [0.1, 0.15) is 29.3 Å². The van der Waals surface area contributed by atoms with Gasteiger partial charge in [0.2, 0.25) is 5.95 Å². The molecule has 0 radical (unpaired) electrons. The Kier molecular flexibility index (Phi) is 5.08. The van der Waals surface area contributed by atoms with E-state index in [1.807, 2.05) is 19.9 Å². The molecule has 0 fully saturated rings. The van der Waals surface area contributed by atoms with Gasteiger partial charge in [-0.25, -0.2) is 9.97 Å². The minimum absolute atomic E-state index is 0.0214. The number of fused-ring (bicyclic) bond motifs is 1. The van der Waals surface area contributed by atoms with E-state index in [1.54, 1.807) is 30.6 Å². The van der Waals surface area contributed by atoms with Crippen molar-refractivity contribution in [1.82, 2.24) is 15.0 Å². The summed E-state index contributed by atoms with van der Waals surface area (Å²) in [6.45, 7) is 4.27. The summed E-state index contributed by atoms with van der Waals surface area (Å²) in [7, 11) is 0. The zero-order valence-corrected chi connectivity index (χ0v) is 16.8. The van der Waals surface area contributed by atoms with Crippen LogP contribution in [0.15, 0.2) is 36.7 Å². The Morgan fingerprint density at radius 3 is 2.83 bits per heavy atom. The molecule has 4 N–H and O–H groups in total. The molecular formula is C22H22N6O2. The molecule has 0 bridgehead atoms. The fraction of sp³-hybridized carbons (Fsp3) is 0.273. The van der Waals surface area contributed by atoms with Gasteiger partial charge in [0.1, 0.15) is 6.07 Å². The van der Waals surface area contributed by atoms with Gasteiger partial charge in [-0.05, 0) is 42.3 Å². The highest BCUT2D eigenvalue weighted by atomic mass is 16.3. The number of nitrogens with zero attached hydrogens (tertiary/aromatic N) is 4. The Morgan fingerprint density at radius 2 is 2.10 bits per heavy atom. The molecule has 152 valence electrons. The number of aliphatic hydroxyl groups excluding tert-OH is 2. The molecule has 1 aliphatic rings. The zero-order valence-electron chi connectivity index (χ0n) is 16.8. The third-order valence-corrected chi connectivity index (χ3v) is 5.43. The van der Waals surface area contributed by atoms with Crippen LogP contribution in [0.25, 0.3) is 11.3 Å². The van der Waals surface area contributed by atoms with Crippen molar-refractivity contribution < 1.29 is 10.2 Å². The van der Waals surface area contributed by atoms with Crippen molar-refractivity contribution in [3.8, 4) is 17.3 Å². The van der Waals surface area contributed by atoms with E-state index in [4.69, 9.17) is 0 Å². The molecule has 0 unspecified atom stereocenters. The molecular weight excluding hydrogens is 380 g/mol. The lowest BCUT2D eigenvalue weighted by molar-refractivity contribution is 0.219. The van der Waals surface area contributed by atoms with Crippen molar-refractivity contribution in [2.75, 3.05) is 23.8 Å². The maximum atomic E-state index is 9.89. The van der Waals surface area contributed by atoms with Crippen molar-refractivity contribution in [3.05, 3.63) is 59.0 Å². The first-order valence-corrected chi connectivity index (χ1v) is 9.57. The Balaban J connectivity index is 1.73. The summed E-state index contributed by atoms with van der Waals surface area (Å²) in [6.07, 6.45) is 3.33.